The van der Waals surface area contributed by atoms with Crippen molar-refractivity contribution in [3.63, 3.8) is 0 Å². The second kappa shape index (κ2) is 9.74. The van der Waals surface area contributed by atoms with Gasteiger partial charge in [-0.1, -0.05) is 44.2 Å². The number of carbonyl (C=O) groups is 2. The van der Waals surface area contributed by atoms with E-state index in [9.17, 15) is 14.4 Å². The van der Waals surface area contributed by atoms with Crippen molar-refractivity contribution in [1.29, 1.82) is 0 Å². The van der Waals surface area contributed by atoms with E-state index in [0.29, 0.717) is 38.0 Å². The molecule has 0 saturated carbocycles. The highest BCUT2D eigenvalue weighted by Crippen LogP contribution is 2.28. The first-order valence-electron chi connectivity index (χ1n) is 10.8. The van der Waals surface area contributed by atoms with Gasteiger partial charge in [-0.3, -0.25) is 14.4 Å². The van der Waals surface area contributed by atoms with Crippen LogP contribution in [0.5, 0.6) is 0 Å². The van der Waals surface area contributed by atoms with Crippen molar-refractivity contribution < 1.29 is 9.59 Å². The van der Waals surface area contributed by atoms with Crippen LogP contribution in [0.25, 0.3) is 0 Å². The first-order valence-corrected chi connectivity index (χ1v) is 10.8. The van der Waals surface area contributed by atoms with Crippen LogP contribution in [0, 0.1) is 5.92 Å². The molecule has 2 heterocycles. The van der Waals surface area contributed by atoms with E-state index in [1.807, 2.05) is 18.2 Å². The minimum Gasteiger partial charge on any atom is -0.352 e. The lowest BCUT2D eigenvalue weighted by atomic mass is 9.89. The number of likely N-dealkylation sites (tertiary alicyclic amines) is 1. The Morgan fingerprint density at radius 3 is 2.30 bits per heavy atom. The number of aromatic nitrogens is 1. The molecule has 1 aromatic carbocycles. The summed E-state index contributed by atoms with van der Waals surface area (Å²) in [6, 6.07) is 10.3. The van der Waals surface area contributed by atoms with Crippen molar-refractivity contribution in [3.05, 3.63) is 69.6 Å². The monoisotopic (exact) mass is 409 g/mol. The maximum atomic E-state index is 13.2. The maximum absolute atomic E-state index is 13.2. The lowest BCUT2D eigenvalue weighted by Crippen LogP contribution is -2.41. The van der Waals surface area contributed by atoms with Gasteiger partial charge in [0, 0.05) is 38.6 Å². The lowest BCUT2D eigenvalue weighted by Gasteiger charge is -2.32. The van der Waals surface area contributed by atoms with E-state index in [1.54, 1.807) is 28.8 Å². The second-order valence-corrected chi connectivity index (χ2v) is 8.34. The number of pyridine rings is 1. The molecule has 1 fully saturated rings. The zero-order valence-corrected chi connectivity index (χ0v) is 18.1. The first-order chi connectivity index (χ1) is 14.4. The minimum atomic E-state index is -0.490. The van der Waals surface area contributed by atoms with Crippen molar-refractivity contribution in [2.24, 2.45) is 5.92 Å². The molecule has 6 heteroatoms. The van der Waals surface area contributed by atoms with E-state index in [1.165, 1.54) is 5.56 Å². The van der Waals surface area contributed by atoms with Crippen molar-refractivity contribution in [2.75, 3.05) is 19.6 Å². The van der Waals surface area contributed by atoms with Gasteiger partial charge in [0.2, 0.25) is 5.43 Å². The van der Waals surface area contributed by atoms with Gasteiger partial charge >= 0.3 is 0 Å². The molecule has 2 amide bonds. The summed E-state index contributed by atoms with van der Waals surface area (Å²) in [5.41, 5.74) is 0.915. The van der Waals surface area contributed by atoms with Gasteiger partial charge in [0.25, 0.3) is 11.8 Å². The van der Waals surface area contributed by atoms with Gasteiger partial charge < -0.3 is 14.8 Å². The molecule has 3 rings (SSSR count). The molecular formula is C24H31N3O3. The van der Waals surface area contributed by atoms with Gasteiger partial charge in [-0.05, 0) is 37.2 Å². The predicted octanol–water partition coefficient (Wildman–Crippen LogP) is 3.27. The highest BCUT2D eigenvalue weighted by Gasteiger charge is 2.27. The van der Waals surface area contributed by atoms with E-state index < -0.39 is 11.3 Å². The van der Waals surface area contributed by atoms with E-state index in [2.05, 4.69) is 31.3 Å². The number of nitrogens with zero attached hydrogens (tertiary/aromatic N) is 2. The van der Waals surface area contributed by atoms with Crippen molar-refractivity contribution in [2.45, 2.75) is 46.1 Å². The summed E-state index contributed by atoms with van der Waals surface area (Å²) in [5.74, 6) is 0.0290. The third-order valence-corrected chi connectivity index (χ3v) is 5.52. The fourth-order valence-corrected chi connectivity index (χ4v) is 4.04. The zero-order valence-electron chi connectivity index (χ0n) is 18.1. The number of hydrogen-bond donors (Lipinski definition) is 1. The van der Waals surface area contributed by atoms with Crippen molar-refractivity contribution >= 4 is 11.8 Å². The number of amides is 2. The third-order valence-electron chi connectivity index (χ3n) is 5.52. The molecule has 1 aromatic heterocycles. The Labute approximate surface area is 177 Å². The number of piperidine rings is 1. The van der Waals surface area contributed by atoms with E-state index in [0.717, 1.165) is 12.8 Å². The molecule has 0 radical (unpaired) electrons. The summed E-state index contributed by atoms with van der Waals surface area (Å²) in [7, 11) is 0. The van der Waals surface area contributed by atoms with Crippen LogP contribution in [0.2, 0.25) is 0 Å². The molecular weight excluding hydrogens is 378 g/mol. The molecule has 0 bridgehead atoms. The fraction of sp³-hybridized carbons (Fsp3) is 0.458. The van der Waals surface area contributed by atoms with Crippen LogP contribution in [-0.4, -0.2) is 40.9 Å². The van der Waals surface area contributed by atoms with Crippen molar-refractivity contribution in [1.82, 2.24) is 14.8 Å². The first kappa shape index (κ1) is 21.8. The average molecular weight is 410 g/mol. The number of nitrogens with one attached hydrogen (secondary N) is 1. The molecule has 2 aromatic rings. The molecule has 1 aliphatic rings. The second-order valence-electron chi connectivity index (χ2n) is 8.34. The number of carbonyl (C=O) groups excluding carboxylic acids is 2. The Balaban J connectivity index is 1.83. The fourth-order valence-electron chi connectivity index (χ4n) is 4.04. The molecule has 0 aliphatic carbocycles. The van der Waals surface area contributed by atoms with Gasteiger partial charge in [0.05, 0.1) is 0 Å². The largest absolute Gasteiger partial charge is 0.352 e. The minimum absolute atomic E-state index is 0.0301. The quantitative estimate of drug-likeness (QED) is 0.796. The van der Waals surface area contributed by atoms with Gasteiger partial charge in [0.1, 0.15) is 11.1 Å². The summed E-state index contributed by atoms with van der Waals surface area (Å²) in [6.07, 6.45) is 4.90. The molecule has 0 unspecified atom stereocenters. The average Bonchev–Trinajstić information content (AvgIpc) is 2.75. The van der Waals surface area contributed by atoms with Crippen LogP contribution in [0.15, 0.2) is 47.5 Å². The maximum Gasteiger partial charge on any atom is 0.259 e. The van der Waals surface area contributed by atoms with Crippen LogP contribution in [0.3, 0.4) is 0 Å². The molecule has 1 aliphatic heterocycles. The van der Waals surface area contributed by atoms with Crippen LogP contribution >= 0.6 is 0 Å². The van der Waals surface area contributed by atoms with Gasteiger partial charge in [0.15, 0.2) is 0 Å². The summed E-state index contributed by atoms with van der Waals surface area (Å²) in [5, 5.41) is 2.68. The normalized spacial score (nSPS) is 14.7. The molecule has 30 heavy (non-hydrogen) atoms. The smallest absolute Gasteiger partial charge is 0.259 e. The van der Waals surface area contributed by atoms with E-state index in [-0.39, 0.29) is 17.0 Å². The van der Waals surface area contributed by atoms with Crippen LogP contribution in [0.4, 0.5) is 0 Å². The van der Waals surface area contributed by atoms with Gasteiger partial charge in [-0.2, -0.15) is 0 Å². The molecule has 0 atom stereocenters. The van der Waals surface area contributed by atoms with E-state index in [4.69, 9.17) is 0 Å². The Morgan fingerprint density at radius 2 is 1.70 bits per heavy atom. The number of hydrogen-bond acceptors (Lipinski definition) is 3. The highest BCUT2D eigenvalue weighted by molar-refractivity contribution is 5.99. The Morgan fingerprint density at radius 1 is 1.07 bits per heavy atom. The Hall–Kier alpha value is -2.89. The number of benzene rings is 1. The molecule has 1 saturated heterocycles. The topological polar surface area (TPSA) is 71.4 Å². The summed E-state index contributed by atoms with van der Waals surface area (Å²) in [4.78, 5) is 40.3. The zero-order chi connectivity index (χ0) is 21.7. The SMILES string of the molecule is CCNC(=O)c1cn(CC(C)C)cc(C(=O)N2CCC(c3ccccc3)CC2)c1=O. The van der Waals surface area contributed by atoms with Crippen LogP contribution in [0.1, 0.15) is 65.8 Å². The molecule has 1 N–H and O–H groups in total. The molecule has 160 valence electrons. The van der Waals surface area contributed by atoms with Gasteiger partial charge in [-0.15, -0.1) is 0 Å². The number of rotatable bonds is 6. The van der Waals surface area contributed by atoms with Crippen LogP contribution < -0.4 is 10.7 Å². The lowest BCUT2D eigenvalue weighted by molar-refractivity contribution is 0.0710. The van der Waals surface area contributed by atoms with Gasteiger partial charge in [-0.25, -0.2) is 0 Å². The van der Waals surface area contributed by atoms with E-state index >= 15 is 0 Å². The van der Waals surface area contributed by atoms with Crippen molar-refractivity contribution in [3.8, 4) is 0 Å². The summed E-state index contributed by atoms with van der Waals surface area (Å²) in [6.45, 7) is 8.17. The predicted molar refractivity (Wildman–Crippen MR) is 118 cm³/mol. The van der Waals surface area contributed by atoms with Crippen LogP contribution in [-0.2, 0) is 6.54 Å². The standard InChI is InChI=1S/C24H31N3O3/c1-4-25-23(29)20-15-26(14-17(2)3)16-21(22(20)28)24(30)27-12-10-19(11-13-27)18-8-6-5-7-9-18/h5-9,15-17,19H,4,10-14H2,1-3H3,(H,25,29). The summed E-state index contributed by atoms with van der Waals surface area (Å²) < 4.78 is 1.79. The third kappa shape index (κ3) is 4.99. The summed E-state index contributed by atoms with van der Waals surface area (Å²) >= 11 is 0. The Kier molecular flexibility index (Phi) is 7.08. The highest BCUT2D eigenvalue weighted by atomic mass is 16.2. The Bertz CT molecular complexity index is 942. The molecule has 6 nitrogen and oxygen atoms in total. The molecule has 0 spiro atoms.